The average molecular weight is 217 g/mol. The smallest absolute Gasteiger partial charge is 0.225 e. The Balaban J connectivity index is 0.00000169. The quantitative estimate of drug-likeness (QED) is 0.803. The minimum Gasteiger partial charge on any atom is -0.347 e. The number of anilines is 1. The van der Waals surface area contributed by atoms with E-state index in [2.05, 4.69) is 9.97 Å². The van der Waals surface area contributed by atoms with E-state index >= 15 is 0 Å². The molecule has 0 bridgehead atoms. The third-order valence-corrected chi connectivity index (χ3v) is 2.01. The summed E-state index contributed by atoms with van der Waals surface area (Å²) in [5, 5.41) is 0. The second-order valence-corrected chi connectivity index (χ2v) is 3.27. The van der Waals surface area contributed by atoms with Crippen molar-refractivity contribution in [2.45, 2.75) is 20.4 Å². The van der Waals surface area contributed by atoms with Gasteiger partial charge >= 0.3 is 0 Å². The summed E-state index contributed by atoms with van der Waals surface area (Å²) in [5.41, 5.74) is 8.57. The zero-order valence-electron chi connectivity index (χ0n) is 9.03. The lowest BCUT2D eigenvalue weighted by Crippen LogP contribution is -2.16. The van der Waals surface area contributed by atoms with Gasteiger partial charge in [0.2, 0.25) is 5.95 Å². The van der Waals surface area contributed by atoms with E-state index in [1.165, 1.54) is 0 Å². The topological polar surface area (TPSA) is 55.0 Å². The van der Waals surface area contributed by atoms with Crippen LogP contribution < -0.4 is 10.6 Å². The maximum Gasteiger partial charge on any atom is 0.225 e. The summed E-state index contributed by atoms with van der Waals surface area (Å²) in [7, 11) is 3.85. The van der Waals surface area contributed by atoms with Crippen LogP contribution in [0.15, 0.2) is 0 Å². The minimum atomic E-state index is 0. The van der Waals surface area contributed by atoms with Crippen molar-refractivity contribution in [3.05, 3.63) is 17.0 Å². The molecule has 4 nitrogen and oxygen atoms in total. The highest BCUT2D eigenvalue weighted by atomic mass is 35.5. The third kappa shape index (κ3) is 2.56. The lowest BCUT2D eigenvalue weighted by molar-refractivity contribution is 0.898. The predicted octanol–water partition coefficient (Wildman–Crippen LogP) is 1.04. The van der Waals surface area contributed by atoms with Crippen LogP contribution in [-0.4, -0.2) is 24.1 Å². The Morgan fingerprint density at radius 1 is 1.14 bits per heavy atom. The first-order valence-electron chi connectivity index (χ1n) is 4.27. The second kappa shape index (κ2) is 5.12. The molecule has 0 saturated heterocycles. The maximum atomic E-state index is 5.58. The zero-order chi connectivity index (χ0) is 10.0. The number of aromatic nitrogens is 2. The van der Waals surface area contributed by atoms with Gasteiger partial charge in [-0.05, 0) is 13.8 Å². The maximum absolute atomic E-state index is 5.58. The van der Waals surface area contributed by atoms with Gasteiger partial charge in [-0.25, -0.2) is 9.97 Å². The van der Waals surface area contributed by atoms with Crippen molar-refractivity contribution in [1.82, 2.24) is 9.97 Å². The molecule has 1 aromatic heterocycles. The number of nitrogens with zero attached hydrogens (tertiary/aromatic N) is 3. The lowest BCUT2D eigenvalue weighted by atomic mass is 10.2. The Morgan fingerprint density at radius 3 is 1.86 bits per heavy atom. The molecule has 0 saturated carbocycles. The SMILES string of the molecule is Cc1nc(N(C)C)nc(C)c1CN.Cl. The van der Waals surface area contributed by atoms with E-state index in [9.17, 15) is 0 Å². The van der Waals surface area contributed by atoms with E-state index in [1.54, 1.807) is 0 Å². The molecule has 1 rings (SSSR count). The Labute approximate surface area is 90.9 Å². The normalized spacial score (nSPS) is 9.50. The molecule has 0 atom stereocenters. The van der Waals surface area contributed by atoms with Crippen LogP contribution in [0.2, 0.25) is 0 Å². The highest BCUT2D eigenvalue weighted by Gasteiger charge is 2.07. The summed E-state index contributed by atoms with van der Waals surface area (Å²) in [5.74, 6) is 0.743. The Hall–Kier alpha value is -0.870. The molecule has 0 spiro atoms. The fourth-order valence-corrected chi connectivity index (χ4v) is 1.22. The average Bonchev–Trinajstić information content (AvgIpc) is 2.03. The molecule has 0 fully saturated rings. The van der Waals surface area contributed by atoms with Crippen molar-refractivity contribution >= 4 is 18.4 Å². The molecule has 1 heterocycles. The molecule has 0 amide bonds. The van der Waals surface area contributed by atoms with Gasteiger partial charge in [-0.3, -0.25) is 0 Å². The van der Waals surface area contributed by atoms with Crippen molar-refractivity contribution in [2.75, 3.05) is 19.0 Å². The van der Waals surface area contributed by atoms with Crippen LogP contribution in [-0.2, 0) is 6.54 Å². The molecule has 2 N–H and O–H groups in total. The Kier molecular flexibility index (Phi) is 4.80. The summed E-state index contributed by atoms with van der Waals surface area (Å²) in [6, 6.07) is 0. The van der Waals surface area contributed by atoms with Crippen LogP contribution in [0.1, 0.15) is 17.0 Å². The van der Waals surface area contributed by atoms with Gasteiger partial charge in [-0.2, -0.15) is 0 Å². The van der Waals surface area contributed by atoms with Gasteiger partial charge in [-0.1, -0.05) is 0 Å². The van der Waals surface area contributed by atoms with Crippen molar-refractivity contribution in [3.8, 4) is 0 Å². The summed E-state index contributed by atoms with van der Waals surface area (Å²) < 4.78 is 0. The minimum absolute atomic E-state index is 0. The van der Waals surface area contributed by atoms with Crippen LogP contribution in [0.4, 0.5) is 5.95 Å². The molecule has 0 aliphatic carbocycles. The molecule has 0 aliphatic heterocycles. The molecule has 80 valence electrons. The van der Waals surface area contributed by atoms with Gasteiger partial charge in [0.05, 0.1) is 0 Å². The highest BCUT2D eigenvalue weighted by molar-refractivity contribution is 5.85. The summed E-state index contributed by atoms with van der Waals surface area (Å²) in [6.07, 6.45) is 0. The van der Waals surface area contributed by atoms with Crippen LogP contribution in [0.25, 0.3) is 0 Å². The molecule has 14 heavy (non-hydrogen) atoms. The summed E-state index contributed by atoms with van der Waals surface area (Å²) >= 11 is 0. The first-order chi connectivity index (χ1) is 6.06. The van der Waals surface area contributed by atoms with Gasteiger partial charge in [0.15, 0.2) is 0 Å². The third-order valence-electron chi connectivity index (χ3n) is 2.01. The highest BCUT2D eigenvalue weighted by Crippen LogP contribution is 2.12. The molecule has 1 aromatic rings. The van der Waals surface area contributed by atoms with Gasteiger partial charge < -0.3 is 10.6 Å². The molecule has 0 radical (unpaired) electrons. The van der Waals surface area contributed by atoms with E-state index in [0.29, 0.717) is 6.54 Å². The first kappa shape index (κ1) is 13.1. The lowest BCUT2D eigenvalue weighted by Gasteiger charge is -2.13. The fraction of sp³-hybridized carbons (Fsp3) is 0.556. The number of nitrogens with two attached hydrogens (primary N) is 1. The van der Waals surface area contributed by atoms with E-state index in [4.69, 9.17) is 5.73 Å². The molecule has 0 aromatic carbocycles. The Morgan fingerprint density at radius 2 is 1.57 bits per heavy atom. The largest absolute Gasteiger partial charge is 0.347 e. The molecule has 0 aliphatic rings. The number of halogens is 1. The zero-order valence-corrected chi connectivity index (χ0v) is 9.85. The molecule has 5 heteroatoms. The van der Waals surface area contributed by atoms with Crippen LogP contribution in [0.3, 0.4) is 0 Å². The van der Waals surface area contributed by atoms with Crippen LogP contribution >= 0.6 is 12.4 Å². The number of hydrogen-bond donors (Lipinski definition) is 1. The van der Waals surface area contributed by atoms with Crippen LogP contribution in [0.5, 0.6) is 0 Å². The van der Waals surface area contributed by atoms with Gasteiger partial charge in [0, 0.05) is 37.6 Å². The Bertz CT molecular complexity index is 289. The number of aryl methyl sites for hydroxylation is 2. The number of rotatable bonds is 2. The van der Waals surface area contributed by atoms with E-state index < -0.39 is 0 Å². The van der Waals surface area contributed by atoms with Gasteiger partial charge in [0.25, 0.3) is 0 Å². The molecule has 0 unspecified atom stereocenters. The predicted molar refractivity (Wildman–Crippen MR) is 61.0 cm³/mol. The number of hydrogen-bond acceptors (Lipinski definition) is 4. The fourth-order valence-electron chi connectivity index (χ4n) is 1.22. The first-order valence-corrected chi connectivity index (χ1v) is 4.27. The second-order valence-electron chi connectivity index (χ2n) is 3.27. The van der Waals surface area contributed by atoms with Crippen molar-refractivity contribution in [2.24, 2.45) is 5.73 Å². The standard InChI is InChI=1S/C9H16N4.ClH/c1-6-8(5-10)7(2)12-9(11-6)13(3)4;/h5,10H2,1-4H3;1H. The molecular formula is C9H17ClN4. The van der Waals surface area contributed by atoms with Gasteiger partial charge in [0.1, 0.15) is 0 Å². The summed E-state index contributed by atoms with van der Waals surface area (Å²) in [4.78, 5) is 10.6. The monoisotopic (exact) mass is 216 g/mol. The van der Waals surface area contributed by atoms with Crippen molar-refractivity contribution in [1.29, 1.82) is 0 Å². The van der Waals surface area contributed by atoms with E-state index in [-0.39, 0.29) is 12.4 Å². The van der Waals surface area contributed by atoms with Crippen LogP contribution in [0, 0.1) is 13.8 Å². The van der Waals surface area contributed by atoms with E-state index in [1.807, 2.05) is 32.8 Å². The van der Waals surface area contributed by atoms with E-state index in [0.717, 1.165) is 22.9 Å². The van der Waals surface area contributed by atoms with Crippen molar-refractivity contribution < 1.29 is 0 Å². The van der Waals surface area contributed by atoms with Gasteiger partial charge in [-0.15, -0.1) is 12.4 Å². The van der Waals surface area contributed by atoms with Crippen molar-refractivity contribution in [3.63, 3.8) is 0 Å². The summed E-state index contributed by atoms with van der Waals surface area (Å²) in [6.45, 7) is 4.43. The molecular weight excluding hydrogens is 200 g/mol.